The summed E-state index contributed by atoms with van der Waals surface area (Å²) in [6.07, 6.45) is 0.485. The highest BCUT2D eigenvalue weighted by Crippen LogP contribution is 2.27. The first-order valence-corrected chi connectivity index (χ1v) is 6.67. The highest BCUT2D eigenvalue weighted by Gasteiger charge is 2.14. The molecule has 2 nitrogen and oxygen atoms in total. The fourth-order valence-corrected chi connectivity index (χ4v) is 2.44. The molecule has 0 saturated carbocycles. The Hall–Kier alpha value is -1.87. The van der Waals surface area contributed by atoms with Crippen molar-refractivity contribution < 1.29 is 9.13 Å². The van der Waals surface area contributed by atoms with Crippen LogP contribution in [0.2, 0.25) is 0 Å². The molecule has 0 aliphatic carbocycles. The molecule has 3 heteroatoms. The standard InChI is InChI=1S/C17H20FNO/c1-11-9-17(20-3)12(2)8-14(11)16(19)10-13-6-4-5-7-15(13)18/h4-9,16H,10,19H2,1-3H3. The van der Waals surface area contributed by atoms with Crippen LogP contribution in [0.15, 0.2) is 36.4 Å². The Morgan fingerprint density at radius 3 is 2.50 bits per heavy atom. The first-order valence-electron chi connectivity index (χ1n) is 6.67. The average molecular weight is 273 g/mol. The van der Waals surface area contributed by atoms with Gasteiger partial charge in [-0.2, -0.15) is 0 Å². The summed E-state index contributed by atoms with van der Waals surface area (Å²) in [5.41, 5.74) is 10.0. The number of nitrogens with two attached hydrogens (primary N) is 1. The summed E-state index contributed by atoms with van der Waals surface area (Å²) >= 11 is 0. The molecule has 2 N–H and O–H groups in total. The van der Waals surface area contributed by atoms with Crippen LogP contribution in [0.25, 0.3) is 0 Å². The fraction of sp³-hybridized carbons (Fsp3) is 0.294. The molecular weight excluding hydrogens is 253 g/mol. The molecule has 0 aliphatic rings. The van der Waals surface area contributed by atoms with Gasteiger partial charge in [0.25, 0.3) is 0 Å². The molecule has 0 radical (unpaired) electrons. The van der Waals surface area contributed by atoms with E-state index in [1.165, 1.54) is 6.07 Å². The van der Waals surface area contributed by atoms with E-state index in [9.17, 15) is 4.39 Å². The zero-order valence-corrected chi connectivity index (χ0v) is 12.1. The maximum atomic E-state index is 13.7. The minimum atomic E-state index is -0.225. The Kier molecular flexibility index (Phi) is 4.40. The van der Waals surface area contributed by atoms with E-state index in [-0.39, 0.29) is 11.9 Å². The lowest BCUT2D eigenvalue weighted by molar-refractivity contribution is 0.411. The average Bonchev–Trinajstić information content (AvgIpc) is 2.43. The molecule has 1 unspecified atom stereocenters. The van der Waals surface area contributed by atoms with Gasteiger partial charge in [-0.25, -0.2) is 4.39 Å². The summed E-state index contributed by atoms with van der Waals surface area (Å²) in [6, 6.07) is 10.5. The van der Waals surface area contributed by atoms with Gasteiger partial charge in [0.2, 0.25) is 0 Å². The number of hydrogen-bond donors (Lipinski definition) is 1. The number of benzene rings is 2. The highest BCUT2D eigenvalue weighted by molar-refractivity contribution is 5.43. The van der Waals surface area contributed by atoms with Gasteiger partial charge in [0, 0.05) is 6.04 Å². The summed E-state index contributed by atoms with van der Waals surface area (Å²) < 4.78 is 19.0. The van der Waals surface area contributed by atoms with Gasteiger partial charge in [-0.3, -0.25) is 0 Å². The van der Waals surface area contributed by atoms with Crippen LogP contribution in [0.4, 0.5) is 4.39 Å². The Morgan fingerprint density at radius 1 is 1.15 bits per heavy atom. The molecule has 106 valence electrons. The Labute approximate surface area is 119 Å². The van der Waals surface area contributed by atoms with Gasteiger partial charge in [0.1, 0.15) is 11.6 Å². The third kappa shape index (κ3) is 2.99. The molecule has 0 saturated heterocycles. The normalized spacial score (nSPS) is 12.2. The van der Waals surface area contributed by atoms with Gasteiger partial charge in [-0.05, 0) is 54.7 Å². The van der Waals surface area contributed by atoms with Crippen LogP contribution in [0.3, 0.4) is 0 Å². The van der Waals surface area contributed by atoms with E-state index >= 15 is 0 Å². The molecule has 0 heterocycles. The van der Waals surface area contributed by atoms with E-state index in [1.54, 1.807) is 19.2 Å². The Balaban J connectivity index is 2.28. The van der Waals surface area contributed by atoms with Gasteiger partial charge >= 0.3 is 0 Å². The number of methoxy groups -OCH3 is 1. The molecule has 0 fully saturated rings. The molecule has 2 aromatic rings. The highest BCUT2D eigenvalue weighted by atomic mass is 19.1. The number of rotatable bonds is 4. The predicted octanol–water partition coefficient (Wildman–Crippen LogP) is 3.69. The minimum Gasteiger partial charge on any atom is -0.496 e. The summed E-state index contributed by atoms with van der Waals surface area (Å²) in [4.78, 5) is 0. The first kappa shape index (κ1) is 14.5. The van der Waals surface area contributed by atoms with E-state index in [2.05, 4.69) is 0 Å². The van der Waals surface area contributed by atoms with Crippen molar-refractivity contribution in [3.05, 3.63) is 64.5 Å². The molecule has 0 amide bonds. The first-order chi connectivity index (χ1) is 9.52. The van der Waals surface area contributed by atoms with Crippen LogP contribution in [0, 0.1) is 19.7 Å². The van der Waals surface area contributed by atoms with Crippen molar-refractivity contribution in [3.8, 4) is 5.75 Å². The zero-order chi connectivity index (χ0) is 14.7. The summed E-state index contributed by atoms with van der Waals surface area (Å²) in [6.45, 7) is 3.98. The second-order valence-corrected chi connectivity index (χ2v) is 5.08. The quantitative estimate of drug-likeness (QED) is 0.922. The lowest BCUT2D eigenvalue weighted by atomic mass is 9.94. The lowest BCUT2D eigenvalue weighted by Crippen LogP contribution is -2.16. The molecule has 0 aromatic heterocycles. The Bertz CT molecular complexity index is 610. The van der Waals surface area contributed by atoms with Gasteiger partial charge in [-0.15, -0.1) is 0 Å². The molecule has 0 spiro atoms. The van der Waals surface area contributed by atoms with Gasteiger partial charge in [-0.1, -0.05) is 24.3 Å². The summed E-state index contributed by atoms with van der Waals surface area (Å²) in [5, 5.41) is 0. The third-order valence-corrected chi connectivity index (χ3v) is 3.58. The summed E-state index contributed by atoms with van der Waals surface area (Å²) in [5.74, 6) is 0.648. The largest absolute Gasteiger partial charge is 0.496 e. The van der Waals surface area contributed by atoms with E-state index in [0.29, 0.717) is 12.0 Å². The number of aryl methyl sites for hydroxylation is 2. The molecule has 20 heavy (non-hydrogen) atoms. The van der Waals surface area contributed by atoms with E-state index in [1.807, 2.05) is 32.0 Å². The molecule has 2 rings (SSSR count). The second-order valence-electron chi connectivity index (χ2n) is 5.08. The van der Waals surface area contributed by atoms with Crippen LogP contribution in [-0.4, -0.2) is 7.11 Å². The monoisotopic (exact) mass is 273 g/mol. The van der Waals surface area contributed by atoms with Crippen LogP contribution < -0.4 is 10.5 Å². The fourth-order valence-electron chi connectivity index (χ4n) is 2.44. The van der Waals surface area contributed by atoms with Crippen molar-refractivity contribution in [1.29, 1.82) is 0 Å². The van der Waals surface area contributed by atoms with Gasteiger partial charge in [0.15, 0.2) is 0 Å². The smallest absolute Gasteiger partial charge is 0.126 e. The van der Waals surface area contributed by atoms with E-state index in [0.717, 1.165) is 22.4 Å². The van der Waals surface area contributed by atoms with Gasteiger partial charge in [0.05, 0.1) is 7.11 Å². The maximum absolute atomic E-state index is 13.7. The SMILES string of the molecule is COc1cc(C)c(C(N)Cc2ccccc2F)cc1C. The maximum Gasteiger partial charge on any atom is 0.126 e. The van der Waals surface area contributed by atoms with E-state index < -0.39 is 0 Å². The van der Waals surface area contributed by atoms with Crippen LogP contribution in [-0.2, 0) is 6.42 Å². The lowest BCUT2D eigenvalue weighted by Gasteiger charge is -2.17. The Morgan fingerprint density at radius 2 is 1.85 bits per heavy atom. The van der Waals surface area contributed by atoms with Crippen molar-refractivity contribution in [3.63, 3.8) is 0 Å². The molecule has 0 aliphatic heterocycles. The van der Waals surface area contributed by atoms with Crippen molar-refractivity contribution in [1.82, 2.24) is 0 Å². The van der Waals surface area contributed by atoms with Gasteiger partial charge < -0.3 is 10.5 Å². The molecule has 0 bridgehead atoms. The van der Waals surface area contributed by atoms with Crippen molar-refractivity contribution in [2.24, 2.45) is 5.73 Å². The molecular formula is C17H20FNO. The minimum absolute atomic E-state index is 0.203. The molecule has 2 aromatic carbocycles. The van der Waals surface area contributed by atoms with Crippen LogP contribution in [0.5, 0.6) is 5.75 Å². The van der Waals surface area contributed by atoms with Crippen LogP contribution in [0.1, 0.15) is 28.3 Å². The third-order valence-electron chi connectivity index (χ3n) is 3.58. The number of ether oxygens (including phenoxy) is 1. The molecule has 1 atom stereocenters. The topological polar surface area (TPSA) is 35.2 Å². The van der Waals surface area contributed by atoms with Crippen LogP contribution >= 0.6 is 0 Å². The van der Waals surface area contributed by atoms with E-state index in [4.69, 9.17) is 10.5 Å². The summed E-state index contributed by atoms with van der Waals surface area (Å²) in [7, 11) is 1.65. The van der Waals surface area contributed by atoms with Crippen molar-refractivity contribution in [2.45, 2.75) is 26.3 Å². The zero-order valence-electron chi connectivity index (χ0n) is 12.1. The predicted molar refractivity (Wildman–Crippen MR) is 79.5 cm³/mol. The van der Waals surface area contributed by atoms with Crippen molar-refractivity contribution >= 4 is 0 Å². The van der Waals surface area contributed by atoms with Crippen molar-refractivity contribution in [2.75, 3.05) is 7.11 Å². The number of halogens is 1. The second kappa shape index (κ2) is 6.06. The number of hydrogen-bond acceptors (Lipinski definition) is 2.